The SMILES string of the molecule is CC#CCC(Cc1cccc(OC)c1)C(=O)O. The van der Waals surface area contributed by atoms with Crippen LogP contribution in [0.5, 0.6) is 5.75 Å². The quantitative estimate of drug-likeness (QED) is 0.793. The van der Waals surface area contributed by atoms with Crippen molar-refractivity contribution in [2.75, 3.05) is 7.11 Å². The van der Waals surface area contributed by atoms with E-state index in [1.54, 1.807) is 14.0 Å². The number of carbonyl (C=O) groups is 1. The Morgan fingerprint density at radius 2 is 2.29 bits per heavy atom. The minimum atomic E-state index is -0.810. The number of carboxylic acid groups (broad SMARTS) is 1. The van der Waals surface area contributed by atoms with Crippen molar-refractivity contribution < 1.29 is 14.6 Å². The van der Waals surface area contributed by atoms with Gasteiger partial charge in [0.05, 0.1) is 13.0 Å². The zero-order chi connectivity index (χ0) is 12.7. The lowest BCUT2D eigenvalue weighted by atomic mass is 9.96. The van der Waals surface area contributed by atoms with Gasteiger partial charge in [-0.15, -0.1) is 11.8 Å². The molecule has 1 aromatic carbocycles. The number of rotatable bonds is 5. The van der Waals surface area contributed by atoms with Gasteiger partial charge < -0.3 is 9.84 Å². The maximum absolute atomic E-state index is 11.1. The van der Waals surface area contributed by atoms with Crippen LogP contribution in [0.1, 0.15) is 18.9 Å². The number of hydrogen-bond donors (Lipinski definition) is 1. The van der Waals surface area contributed by atoms with Crippen molar-refractivity contribution in [3.8, 4) is 17.6 Å². The first-order valence-electron chi connectivity index (χ1n) is 5.42. The lowest BCUT2D eigenvalue weighted by Gasteiger charge is -2.10. The van der Waals surface area contributed by atoms with Crippen molar-refractivity contribution in [1.82, 2.24) is 0 Å². The van der Waals surface area contributed by atoms with Gasteiger partial charge in [-0.05, 0) is 31.0 Å². The van der Waals surface area contributed by atoms with Gasteiger partial charge >= 0.3 is 5.97 Å². The predicted molar refractivity (Wildman–Crippen MR) is 65.9 cm³/mol. The van der Waals surface area contributed by atoms with Gasteiger partial charge in [-0.2, -0.15) is 0 Å². The molecule has 0 radical (unpaired) electrons. The summed E-state index contributed by atoms with van der Waals surface area (Å²) in [4.78, 5) is 11.1. The highest BCUT2D eigenvalue weighted by molar-refractivity contribution is 5.70. The maximum Gasteiger partial charge on any atom is 0.307 e. The fraction of sp³-hybridized carbons (Fsp3) is 0.357. The van der Waals surface area contributed by atoms with Gasteiger partial charge in [0.1, 0.15) is 5.75 Å². The second-order valence-corrected chi connectivity index (χ2v) is 3.72. The van der Waals surface area contributed by atoms with Crippen molar-refractivity contribution in [3.05, 3.63) is 29.8 Å². The topological polar surface area (TPSA) is 46.5 Å². The van der Waals surface area contributed by atoms with E-state index >= 15 is 0 Å². The van der Waals surface area contributed by atoms with E-state index in [0.29, 0.717) is 12.8 Å². The van der Waals surface area contributed by atoms with Gasteiger partial charge in [-0.25, -0.2) is 0 Å². The number of ether oxygens (including phenoxy) is 1. The molecule has 0 aromatic heterocycles. The molecule has 0 aliphatic heterocycles. The molecule has 3 nitrogen and oxygen atoms in total. The third-order valence-electron chi connectivity index (χ3n) is 2.49. The van der Waals surface area contributed by atoms with E-state index < -0.39 is 11.9 Å². The van der Waals surface area contributed by atoms with Crippen LogP contribution in [-0.4, -0.2) is 18.2 Å². The van der Waals surface area contributed by atoms with Crippen molar-refractivity contribution in [2.24, 2.45) is 5.92 Å². The summed E-state index contributed by atoms with van der Waals surface area (Å²) in [5.41, 5.74) is 0.953. The summed E-state index contributed by atoms with van der Waals surface area (Å²) in [6.45, 7) is 1.71. The maximum atomic E-state index is 11.1. The van der Waals surface area contributed by atoms with Crippen LogP contribution in [0.3, 0.4) is 0 Å². The fourth-order valence-electron chi connectivity index (χ4n) is 1.56. The molecule has 0 bridgehead atoms. The van der Waals surface area contributed by atoms with Crippen LogP contribution in [0.15, 0.2) is 24.3 Å². The highest BCUT2D eigenvalue weighted by atomic mass is 16.5. The Kier molecular flexibility index (Phi) is 5.09. The van der Waals surface area contributed by atoms with Gasteiger partial charge in [0, 0.05) is 6.42 Å². The first-order valence-corrected chi connectivity index (χ1v) is 5.42. The fourth-order valence-corrected chi connectivity index (χ4v) is 1.56. The average molecular weight is 232 g/mol. The van der Waals surface area contributed by atoms with E-state index in [0.717, 1.165) is 11.3 Å². The molecule has 0 aliphatic rings. The summed E-state index contributed by atoms with van der Waals surface area (Å²) in [6, 6.07) is 7.46. The van der Waals surface area contributed by atoms with Gasteiger partial charge in [0.2, 0.25) is 0 Å². The van der Waals surface area contributed by atoms with Gasteiger partial charge in [0.15, 0.2) is 0 Å². The molecule has 17 heavy (non-hydrogen) atoms. The second kappa shape index (κ2) is 6.59. The third-order valence-corrected chi connectivity index (χ3v) is 2.49. The summed E-state index contributed by atoms with van der Waals surface area (Å²) >= 11 is 0. The molecular weight excluding hydrogens is 216 g/mol. The van der Waals surface area contributed by atoms with Crippen LogP contribution in [0.25, 0.3) is 0 Å². The lowest BCUT2D eigenvalue weighted by molar-refractivity contribution is -0.141. The Balaban J connectivity index is 2.76. The number of hydrogen-bond acceptors (Lipinski definition) is 2. The number of benzene rings is 1. The van der Waals surface area contributed by atoms with Crippen molar-refractivity contribution >= 4 is 5.97 Å². The Morgan fingerprint density at radius 1 is 1.53 bits per heavy atom. The number of methoxy groups -OCH3 is 1. The molecule has 0 saturated heterocycles. The summed E-state index contributed by atoms with van der Waals surface area (Å²) in [5.74, 6) is 5.01. The number of aliphatic carboxylic acids is 1. The molecule has 1 rings (SSSR count). The normalized spacial score (nSPS) is 11.2. The molecule has 3 heteroatoms. The summed E-state index contributed by atoms with van der Waals surface area (Å²) in [5, 5.41) is 9.09. The Morgan fingerprint density at radius 3 is 2.88 bits per heavy atom. The van der Waals surface area contributed by atoms with Crippen LogP contribution in [0, 0.1) is 17.8 Å². The molecule has 0 spiro atoms. The molecule has 0 heterocycles. The van der Waals surface area contributed by atoms with Crippen molar-refractivity contribution in [2.45, 2.75) is 19.8 Å². The zero-order valence-electron chi connectivity index (χ0n) is 10.1. The first kappa shape index (κ1) is 13.1. The summed E-state index contributed by atoms with van der Waals surface area (Å²) < 4.78 is 5.10. The predicted octanol–water partition coefficient (Wildman–Crippen LogP) is 2.35. The highest BCUT2D eigenvalue weighted by Gasteiger charge is 2.16. The van der Waals surface area contributed by atoms with Gasteiger partial charge in [-0.3, -0.25) is 4.79 Å². The third kappa shape index (κ3) is 4.20. The molecule has 0 aliphatic carbocycles. The van der Waals surface area contributed by atoms with Crippen molar-refractivity contribution in [3.63, 3.8) is 0 Å². The Hall–Kier alpha value is -1.95. The second-order valence-electron chi connectivity index (χ2n) is 3.72. The van der Waals surface area contributed by atoms with E-state index in [-0.39, 0.29) is 0 Å². The van der Waals surface area contributed by atoms with Gasteiger partial charge in [0.25, 0.3) is 0 Å². The molecular formula is C14H16O3. The molecule has 1 N–H and O–H groups in total. The molecule has 0 saturated carbocycles. The Bertz CT molecular complexity index is 440. The monoisotopic (exact) mass is 232 g/mol. The summed E-state index contributed by atoms with van der Waals surface area (Å²) in [6.07, 6.45) is 0.851. The number of carboxylic acids is 1. The van der Waals surface area contributed by atoms with E-state index in [2.05, 4.69) is 11.8 Å². The van der Waals surface area contributed by atoms with E-state index in [4.69, 9.17) is 9.84 Å². The van der Waals surface area contributed by atoms with Crippen LogP contribution >= 0.6 is 0 Å². The van der Waals surface area contributed by atoms with Crippen molar-refractivity contribution in [1.29, 1.82) is 0 Å². The minimum absolute atomic E-state index is 0.378. The van der Waals surface area contributed by atoms with E-state index in [1.165, 1.54) is 0 Å². The highest BCUT2D eigenvalue weighted by Crippen LogP contribution is 2.17. The minimum Gasteiger partial charge on any atom is -0.497 e. The Labute approximate surface area is 101 Å². The summed E-state index contributed by atoms with van der Waals surface area (Å²) in [7, 11) is 1.59. The smallest absolute Gasteiger partial charge is 0.307 e. The molecule has 1 atom stereocenters. The van der Waals surface area contributed by atoms with E-state index in [9.17, 15) is 4.79 Å². The average Bonchev–Trinajstić information content (AvgIpc) is 2.34. The molecule has 0 amide bonds. The van der Waals surface area contributed by atoms with Crippen LogP contribution < -0.4 is 4.74 Å². The van der Waals surface area contributed by atoms with Gasteiger partial charge in [-0.1, -0.05) is 12.1 Å². The largest absolute Gasteiger partial charge is 0.497 e. The lowest BCUT2D eigenvalue weighted by Crippen LogP contribution is -2.15. The molecule has 1 unspecified atom stereocenters. The standard InChI is InChI=1S/C14H16O3/c1-3-4-7-12(14(15)16)9-11-6-5-8-13(10-11)17-2/h5-6,8,10,12H,7,9H2,1-2H3,(H,15,16). The molecule has 90 valence electrons. The molecule has 1 aromatic rings. The first-order chi connectivity index (χ1) is 8.17. The van der Waals surface area contributed by atoms with E-state index in [1.807, 2.05) is 24.3 Å². The zero-order valence-corrected chi connectivity index (χ0v) is 10.1. The van der Waals surface area contributed by atoms with Crippen LogP contribution in [0.4, 0.5) is 0 Å². The molecule has 0 fully saturated rings. The van der Waals surface area contributed by atoms with Crippen LogP contribution in [0.2, 0.25) is 0 Å². The van der Waals surface area contributed by atoms with Crippen LogP contribution in [-0.2, 0) is 11.2 Å².